The van der Waals surface area contributed by atoms with Crippen molar-refractivity contribution < 1.29 is 4.42 Å². The summed E-state index contributed by atoms with van der Waals surface area (Å²) >= 11 is 5.95. The summed E-state index contributed by atoms with van der Waals surface area (Å²) in [4.78, 5) is 0. The molecule has 3 heteroatoms. The standard InChI is InChI=1S/C18H22ClNO/c1-2-11-20-18(16-9-10-17(19)21-16)15-8-7-13-5-3-4-6-14(13)12-15/h7-10,12,18,20H,2-6,11H2,1H3. The molecule has 1 aliphatic carbocycles. The molecule has 0 aliphatic heterocycles. The zero-order chi connectivity index (χ0) is 14.7. The molecule has 0 spiro atoms. The van der Waals surface area contributed by atoms with E-state index in [2.05, 4.69) is 30.4 Å². The van der Waals surface area contributed by atoms with Crippen LogP contribution in [0.15, 0.2) is 34.7 Å². The number of benzene rings is 1. The maximum Gasteiger partial charge on any atom is 0.193 e. The van der Waals surface area contributed by atoms with Crippen LogP contribution in [-0.2, 0) is 12.8 Å². The number of furan rings is 1. The van der Waals surface area contributed by atoms with Gasteiger partial charge in [-0.15, -0.1) is 0 Å². The highest BCUT2D eigenvalue weighted by Gasteiger charge is 2.19. The van der Waals surface area contributed by atoms with Gasteiger partial charge in [-0.25, -0.2) is 0 Å². The van der Waals surface area contributed by atoms with Crippen molar-refractivity contribution in [3.63, 3.8) is 0 Å². The molecule has 2 nitrogen and oxygen atoms in total. The van der Waals surface area contributed by atoms with Crippen LogP contribution in [0.2, 0.25) is 5.22 Å². The first-order valence-electron chi connectivity index (χ1n) is 7.88. The van der Waals surface area contributed by atoms with Crippen LogP contribution in [-0.4, -0.2) is 6.54 Å². The highest BCUT2D eigenvalue weighted by atomic mass is 35.5. The number of aryl methyl sites for hydroxylation is 2. The molecule has 3 rings (SSSR count). The van der Waals surface area contributed by atoms with E-state index in [9.17, 15) is 0 Å². The summed E-state index contributed by atoms with van der Waals surface area (Å²) < 4.78 is 5.64. The predicted molar refractivity (Wildman–Crippen MR) is 86.9 cm³/mol. The van der Waals surface area contributed by atoms with Crippen LogP contribution in [0.1, 0.15) is 54.7 Å². The highest BCUT2D eigenvalue weighted by molar-refractivity contribution is 6.28. The van der Waals surface area contributed by atoms with E-state index in [-0.39, 0.29) is 6.04 Å². The molecule has 2 aromatic rings. The van der Waals surface area contributed by atoms with E-state index in [4.69, 9.17) is 16.0 Å². The molecule has 1 aromatic heterocycles. The van der Waals surface area contributed by atoms with Gasteiger partial charge in [0.1, 0.15) is 5.76 Å². The third kappa shape index (κ3) is 3.33. The average Bonchev–Trinajstić information content (AvgIpc) is 2.94. The van der Waals surface area contributed by atoms with Gasteiger partial charge in [0.15, 0.2) is 5.22 Å². The maximum atomic E-state index is 5.95. The first-order chi connectivity index (χ1) is 10.3. The fraction of sp³-hybridized carbons (Fsp3) is 0.444. The van der Waals surface area contributed by atoms with Gasteiger partial charge in [-0.1, -0.05) is 25.1 Å². The topological polar surface area (TPSA) is 25.2 Å². The molecule has 0 radical (unpaired) electrons. The molecule has 1 heterocycles. The van der Waals surface area contributed by atoms with E-state index in [0.717, 1.165) is 18.7 Å². The molecule has 112 valence electrons. The third-order valence-corrected chi connectivity index (χ3v) is 4.39. The van der Waals surface area contributed by atoms with Crippen molar-refractivity contribution >= 4 is 11.6 Å². The van der Waals surface area contributed by atoms with Crippen LogP contribution in [0.25, 0.3) is 0 Å². The van der Waals surface area contributed by atoms with Crippen LogP contribution in [0, 0.1) is 0 Å². The Morgan fingerprint density at radius 1 is 1.14 bits per heavy atom. The smallest absolute Gasteiger partial charge is 0.193 e. The summed E-state index contributed by atoms with van der Waals surface area (Å²) in [6.45, 7) is 3.13. The van der Waals surface area contributed by atoms with Crippen LogP contribution >= 0.6 is 11.6 Å². The molecule has 1 unspecified atom stereocenters. The minimum Gasteiger partial charge on any atom is -0.448 e. The number of hydrogen-bond acceptors (Lipinski definition) is 2. The number of nitrogens with one attached hydrogen (secondary N) is 1. The second kappa shape index (κ2) is 6.67. The second-order valence-corrected chi connectivity index (χ2v) is 6.14. The monoisotopic (exact) mass is 303 g/mol. The zero-order valence-electron chi connectivity index (χ0n) is 12.5. The van der Waals surface area contributed by atoms with Crippen LogP contribution in [0.4, 0.5) is 0 Å². The molecule has 0 fully saturated rings. The summed E-state index contributed by atoms with van der Waals surface area (Å²) in [5.41, 5.74) is 4.28. The van der Waals surface area contributed by atoms with Crippen molar-refractivity contribution in [1.29, 1.82) is 0 Å². The average molecular weight is 304 g/mol. The van der Waals surface area contributed by atoms with Crippen molar-refractivity contribution in [3.05, 3.63) is 58.0 Å². The van der Waals surface area contributed by atoms with Gasteiger partial charge in [-0.2, -0.15) is 0 Å². The molecule has 0 saturated carbocycles. The molecule has 0 amide bonds. The van der Waals surface area contributed by atoms with Gasteiger partial charge < -0.3 is 9.73 Å². The first kappa shape index (κ1) is 14.7. The summed E-state index contributed by atoms with van der Waals surface area (Å²) in [5, 5.41) is 4.02. The molecule has 0 saturated heterocycles. The van der Waals surface area contributed by atoms with Crippen LogP contribution in [0.3, 0.4) is 0 Å². The third-order valence-electron chi connectivity index (χ3n) is 4.18. The molecular weight excluding hydrogens is 282 g/mol. The lowest BCUT2D eigenvalue weighted by atomic mass is 9.89. The Labute approximate surface area is 131 Å². The summed E-state index contributed by atoms with van der Waals surface area (Å²) in [7, 11) is 0. The number of halogens is 1. The number of hydrogen-bond donors (Lipinski definition) is 1. The molecule has 1 aromatic carbocycles. The Hall–Kier alpha value is -1.25. The quantitative estimate of drug-likeness (QED) is 0.850. The lowest BCUT2D eigenvalue weighted by Gasteiger charge is -2.21. The van der Waals surface area contributed by atoms with Crippen molar-refractivity contribution in [3.8, 4) is 0 Å². The molecule has 1 N–H and O–H groups in total. The fourth-order valence-electron chi connectivity index (χ4n) is 3.09. The van der Waals surface area contributed by atoms with E-state index in [0.29, 0.717) is 5.22 Å². The number of fused-ring (bicyclic) bond motifs is 1. The normalized spacial score (nSPS) is 15.7. The van der Waals surface area contributed by atoms with Crippen molar-refractivity contribution in [2.75, 3.05) is 6.54 Å². The minimum atomic E-state index is 0.0877. The second-order valence-electron chi connectivity index (χ2n) is 5.76. The molecule has 1 aliphatic rings. The predicted octanol–water partition coefficient (Wildman–Crippen LogP) is 4.90. The van der Waals surface area contributed by atoms with Gasteiger partial charge in [-0.05, 0) is 79.1 Å². The lowest BCUT2D eigenvalue weighted by Crippen LogP contribution is -2.23. The van der Waals surface area contributed by atoms with Crippen LogP contribution < -0.4 is 5.32 Å². The van der Waals surface area contributed by atoms with Gasteiger partial charge in [0.05, 0.1) is 6.04 Å². The maximum absolute atomic E-state index is 5.95. The highest BCUT2D eigenvalue weighted by Crippen LogP contribution is 2.29. The van der Waals surface area contributed by atoms with Gasteiger partial charge in [-0.3, -0.25) is 0 Å². The van der Waals surface area contributed by atoms with Gasteiger partial charge in [0, 0.05) is 0 Å². The fourth-order valence-corrected chi connectivity index (χ4v) is 3.24. The van der Waals surface area contributed by atoms with E-state index < -0.39 is 0 Å². The molecular formula is C18H22ClNO. The van der Waals surface area contributed by atoms with Gasteiger partial charge in [0.25, 0.3) is 0 Å². The molecule has 21 heavy (non-hydrogen) atoms. The molecule has 0 bridgehead atoms. The van der Waals surface area contributed by atoms with Gasteiger partial charge >= 0.3 is 0 Å². The summed E-state index contributed by atoms with van der Waals surface area (Å²) in [5.74, 6) is 0.893. The Morgan fingerprint density at radius 2 is 1.95 bits per heavy atom. The Bertz CT molecular complexity index is 605. The minimum absolute atomic E-state index is 0.0877. The van der Waals surface area contributed by atoms with E-state index in [1.165, 1.54) is 42.4 Å². The Balaban J connectivity index is 1.92. The Kier molecular flexibility index (Phi) is 4.67. The van der Waals surface area contributed by atoms with E-state index in [1.54, 1.807) is 0 Å². The summed E-state index contributed by atoms with van der Waals surface area (Å²) in [6, 6.07) is 10.7. The van der Waals surface area contributed by atoms with Crippen LogP contribution in [0.5, 0.6) is 0 Å². The van der Waals surface area contributed by atoms with E-state index >= 15 is 0 Å². The zero-order valence-corrected chi connectivity index (χ0v) is 13.2. The van der Waals surface area contributed by atoms with Crippen molar-refractivity contribution in [2.45, 2.75) is 45.1 Å². The van der Waals surface area contributed by atoms with Crippen molar-refractivity contribution in [2.24, 2.45) is 0 Å². The van der Waals surface area contributed by atoms with E-state index in [1.807, 2.05) is 12.1 Å². The lowest BCUT2D eigenvalue weighted by molar-refractivity contribution is 0.447. The van der Waals surface area contributed by atoms with Crippen molar-refractivity contribution in [1.82, 2.24) is 5.32 Å². The largest absolute Gasteiger partial charge is 0.448 e. The Morgan fingerprint density at radius 3 is 2.67 bits per heavy atom. The summed E-state index contributed by atoms with van der Waals surface area (Å²) in [6.07, 6.45) is 6.13. The number of rotatable bonds is 5. The molecule has 1 atom stereocenters. The van der Waals surface area contributed by atoms with Gasteiger partial charge in [0.2, 0.25) is 0 Å². The first-order valence-corrected chi connectivity index (χ1v) is 8.26. The SMILES string of the molecule is CCCNC(c1ccc2c(c1)CCCC2)c1ccc(Cl)o1.